The molecule has 0 spiro atoms. The third kappa shape index (κ3) is 3.22. The van der Waals surface area contributed by atoms with E-state index in [1.807, 2.05) is 6.07 Å². The largest absolute Gasteiger partial charge is 0.341 e. The van der Waals surface area contributed by atoms with E-state index in [-0.39, 0.29) is 11.9 Å². The predicted octanol–water partition coefficient (Wildman–Crippen LogP) is 2.97. The molecule has 2 heterocycles. The highest BCUT2D eigenvalue weighted by atomic mass is 79.9. The van der Waals surface area contributed by atoms with Crippen LogP contribution in [0, 0.1) is 5.82 Å². The molecular formula is C15H16BrFN4. The molecule has 1 aliphatic heterocycles. The number of rotatable bonds is 2. The molecule has 0 unspecified atom stereocenters. The van der Waals surface area contributed by atoms with Crippen molar-refractivity contribution in [2.75, 3.05) is 18.0 Å². The minimum Gasteiger partial charge on any atom is -0.341 e. The fourth-order valence-corrected chi connectivity index (χ4v) is 3.00. The third-order valence-corrected chi connectivity index (χ3v) is 4.33. The summed E-state index contributed by atoms with van der Waals surface area (Å²) in [6.45, 7) is 1.74. The number of hydrogen-bond acceptors (Lipinski definition) is 4. The summed E-state index contributed by atoms with van der Waals surface area (Å²) in [5, 5.41) is 0. The van der Waals surface area contributed by atoms with Crippen LogP contribution in [0.15, 0.2) is 34.9 Å². The molecule has 0 atom stereocenters. The summed E-state index contributed by atoms with van der Waals surface area (Å²) >= 11 is 3.38. The Bertz CT molecular complexity index is 641. The van der Waals surface area contributed by atoms with E-state index >= 15 is 0 Å². The average molecular weight is 351 g/mol. The topological polar surface area (TPSA) is 55.0 Å². The van der Waals surface area contributed by atoms with Gasteiger partial charge in [0, 0.05) is 35.4 Å². The first-order valence-corrected chi connectivity index (χ1v) is 7.72. The van der Waals surface area contributed by atoms with Gasteiger partial charge in [-0.1, -0.05) is 0 Å². The lowest BCUT2D eigenvalue weighted by atomic mass is 10.1. The maximum absolute atomic E-state index is 13.2. The second-order valence-electron chi connectivity index (χ2n) is 5.19. The quantitative estimate of drug-likeness (QED) is 0.904. The summed E-state index contributed by atoms with van der Waals surface area (Å²) in [5.41, 5.74) is 7.56. The highest BCUT2D eigenvalue weighted by molar-refractivity contribution is 9.10. The Hall–Kier alpha value is -1.53. The number of nitrogens with two attached hydrogens (primary N) is 1. The van der Waals surface area contributed by atoms with Gasteiger partial charge < -0.3 is 10.6 Å². The Balaban J connectivity index is 1.89. The van der Waals surface area contributed by atoms with Gasteiger partial charge in [0.2, 0.25) is 5.95 Å². The van der Waals surface area contributed by atoms with E-state index in [2.05, 4.69) is 30.8 Å². The Labute approximate surface area is 131 Å². The zero-order valence-corrected chi connectivity index (χ0v) is 13.1. The van der Waals surface area contributed by atoms with E-state index in [1.165, 1.54) is 12.1 Å². The number of aromatic nitrogens is 2. The molecule has 1 fully saturated rings. The fourth-order valence-electron chi connectivity index (χ4n) is 2.45. The molecule has 6 heteroatoms. The molecular weight excluding hydrogens is 335 g/mol. The molecule has 1 aliphatic rings. The number of piperidine rings is 1. The summed E-state index contributed by atoms with van der Waals surface area (Å²) in [7, 11) is 0. The van der Waals surface area contributed by atoms with Crippen LogP contribution in [-0.2, 0) is 0 Å². The highest BCUT2D eigenvalue weighted by Crippen LogP contribution is 2.28. The second-order valence-corrected chi connectivity index (χ2v) is 6.04. The lowest BCUT2D eigenvalue weighted by Crippen LogP contribution is -2.40. The summed E-state index contributed by atoms with van der Waals surface area (Å²) in [6, 6.07) is 6.70. The van der Waals surface area contributed by atoms with Crippen LogP contribution >= 0.6 is 15.9 Å². The number of hydrogen-bond donors (Lipinski definition) is 1. The molecule has 1 aromatic heterocycles. The molecule has 0 aliphatic carbocycles. The van der Waals surface area contributed by atoms with Crippen molar-refractivity contribution >= 4 is 21.9 Å². The van der Waals surface area contributed by atoms with Crippen LogP contribution in [0.1, 0.15) is 12.8 Å². The first kappa shape index (κ1) is 14.4. The van der Waals surface area contributed by atoms with E-state index in [0.29, 0.717) is 10.4 Å². The number of nitrogens with zero attached hydrogens (tertiary/aromatic N) is 3. The molecule has 21 heavy (non-hydrogen) atoms. The lowest BCUT2D eigenvalue weighted by molar-refractivity contribution is 0.495. The van der Waals surface area contributed by atoms with Crippen molar-refractivity contribution in [1.29, 1.82) is 0 Å². The predicted molar refractivity (Wildman–Crippen MR) is 84.5 cm³/mol. The van der Waals surface area contributed by atoms with Crippen molar-refractivity contribution in [1.82, 2.24) is 9.97 Å². The van der Waals surface area contributed by atoms with Crippen molar-refractivity contribution in [2.24, 2.45) is 5.73 Å². The standard InChI is InChI=1S/C15H16BrFN4/c16-13-9-10(17)1-2-12(13)14-3-6-19-15(20-14)21-7-4-11(18)5-8-21/h1-3,6,9,11H,4-5,7-8,18H2. The van der Waals surface area contributed by atoms with Crippen LogP contribution in [-0.4, -0.2) is 29.1 Å². The number of benzene rings is 1. The van der Waals surface area contributed by atoms with Crippen LogP contribution in [0.2, 0.25) is 0 Å². The van der Waals surface area contributed by atoms with Gasteiger partial charge in [0.05, 0.1) is 5.69 Å². The zero-order chi connectivity index (χ0) is 14.8. The summed E-state index contributed by atoms with van der Waals surface area (Å²) in [4.78, 5) is 11.1. The van der Waals surface area contributed by atoms with Gasteiger partial charge in [-0.3, -0.25) is 0 Å². The Morgan fingerprint density at radius 2 is 2.00 bits per heavy atom. The number of anilines is 1. The monoisotopic (exact) mass is 350 g/mol. The van der Waals surface area contributed by atoms with Gasteiger partial charge >= 0.3 is 0 Å². The number of halogens is 2. The molecule has 0 bridgehead atoms. The van der Waals surface area contributed by atoms with Gasteiger partial charge in [0.1, 0.15) is 5.82 Å². The van der Waals surface area contributed by atoms with Crippen molar-refractivity contribution < 1.29 is 4.39 Å². The third-order valence-electron chi connectivity index (χ3n) is 3.67. The molecule has 0 saturated carbocycles. The maximum atomic E-state index is 13.2. The van der Waals surface area contributed by atoms with Crippen molar-refractivity contribution in [2.45, 2.75) is 18.9 Å². The average Bonchev–Trinajstić information content (AvgIpc) is 2.48. The van der Waals surface area contributed by atoms with Gasteiger partial charge in [-0.15, -0.1) is 0 Å². The van der Waals surface area contributed by atoms with Gasteiger partial charge in [-0.2, -0.15) is 0 Å². The smallest absolute Gasteiger partial charge is 0.225 e. The first-order chi connectivity index (χ1) is 10.1. The molecule has 1 saturated heterocycles. The molecule has 0 amide bonds. The van der Waals surface area contributed by atoms with Gasteiger partial charge in [0.25, 0.3) is 0 Å². The minimum atomic E-state index is -0.273. The van der Waals surface area contributed by atoms with Crippen LogP contribution in [0.4, 0.5) is 10.3 Å². The molecule has 2 N–H and O–H groups in total. The molecule has 110 valence electrons. The van der Waals surface area contributed by atoms with Gasteiger partial charge in [0.15, 0.2) is 0 Å². The Morgan fingerprint density at radius 1 is 1.24 bits per heavy atom. The molecule has 1 aromatic carbocycles. The van der Waals surface area contributed by atoms with Crippen LogP contribution in [0.3, 0.4) is 0 Å². The highest BCUT2D eigenvalue weighted by Gasteiger charge is 2.18. The van der Waals surface area contributed by atoms with Crippen molar-refractivity contribution in [3.63, 3.8) is 0 Å². The SMILES string of the molecule is NC1CCN(c2nccc(-c3ccc(F)cc3Br)n2)CC1. The normalized spacial score (nSPS) is 16.2. The van der Waals surface area contributed by atoms with Crippen molar-refractivity contribution in [3.8, 4) is 11.3 Å². The Kier molecular flexibility index (Phi) is 4.17. The van der Waals surface area contributed by atoms with Gasteiger partial charge in [-0.25, -0.2) is 14.4 Å². The second kappa shape index (κ2) is 6.07. The van der Waals surface area contributed by atoms with Gasteiger partial charge in [-0.05, 0) is 53.0 Å². The molecule has 4 nitrogen and oxygen atoms in total. The summed E-state index contributed by atoms with van der Waals surface area (Å²) in [5.74, 6) is 0.431. The molecule has 3 rings (SSSR count). The zero-order valence-electron chi connectivity index (χ0n) is 11.5. The van der Waals surface area contributed by atoms with Crippen LogP contribution < -0.4 is 10.6 Å². The fraction of sp³-hybridized carbons (Fsp3) is 0.333. The van der Waals surface area contributed by atoms with E-state index in [0.717, 1.165) is 37.2 Å². The summed E-state index contributed by atoms with van der Waals surface area (Å²) in [6.07, 6.45) is 3.64. The van der Waals surface area contributed by atoms with E-state index in [9.17, 15) is 4.39 Å². The Morgan fingerprint density at radius 3 is 2.71 bits per heavy atom. The van der Waals surface area contributed by atoms with E-state index in [4.69, 9.17) is 5.73 Å². The molecule has 0 radical (unpaired) electrons. The lowest BCUT2D eigenvalue weighted by Gasteiger charge is -2.30. The van der Waals surface area contributed by atoms with Crippen molar-refractivity contribution in [3.05, 3.63) is 40.8 Å². The molecule has 2 aromatic rings. The minimum absolute atomic E-state index is 0.273. The maximum Gasteiger partial charge on any atom is 0.225 e. The van der Waals surface area contributed by atoms with E-state index in [1.54, 1.807) is 12.3 Å². The van der Waals surface area contributed by atoms with E-state index < -0.39 is 0 Å². The summed E-state index contributed by atoms with van der Waals surface area (Å²) < 4.78 is 13.9. The van der Waals surface area contributed by atoms with Crippen LogP contribution in [0.5, 0.6) is 0 Å². The van der Waals surface area contributed by atoms with Crippen LogP contribution in [0.25, 0.3) is 11.3 Å². The first-order valence-electron chi connectivity index (χ1n) is 6.92.